The number of amides is 1. The molecule has 1 aliphatic heterocycles. The van der Waals surface area contributed by atoms with Crippen LogP contribution in [0.2, 0.25) is 0 Å². The number of carbonyl (C=O) groups is 2. The van der Waals surface area contributed by atoms with Crippen molar-refractivity contribution >= 4 is 28.5 Å². The second-order valence-electron chi connectivity index (χ2n) is 7.72. The number of aryl methyl sites for hydroxylation is 1. The Hall–Kier alpha value is -3.88. The van der Waals surface area contributed by atoms with Gasteiger partial charge in [0.1, 0.15) is 17.3 Å². The molecule has 1 amide bonds. The molecule has 0 fully saturated rings. The van der Waals surface area contributed by atoms with Crippen LogP contribution in [0.4, 0.5) is 5.69 Å². The molecule has 3 aromatic rings. The Morgan fingerprint density at radius 1 is 1.06 bits per heavy atom. The van der Waals surface area contributed by atoms with Crippen molar-refractivity contribution in [1.29, 1.82) is 0 Å². The Morgan fingerprint density at radius 3 is 2.70 bits per heavy atom. The number of ether oxygens (including phenoxy) is 3. The van der Waals surface area contributed by atoms with Crippen LogP contribution >= 0.6 is 0 Å². The van der Waals surface area contributed by atoms with E-state index in [1.165, 1.54) is 26.4 Å². The SMILES string of the molecule is COc1ccc(OC)c(NC(=O)COC(=O)c2ccc3c(=O)n4c(nc3c2)CCCCC4)c1. The van der Waals surface area contributed by atoms with E-state index < -0.39 is 18.5 Å². The van der Waals surface area contributed by atoms with Crippen molar-refractivity contribution in [3.8, 4) is 11.5 Å². The van der Waals surface area contributed by atoms with E-state index in [1.54, 1.807) is 28.8 Å². The summed E-state index contributed by atoms with van der Waals surface area (Å²) in [5, 5.41) is 3.10. The lowest BCUT2D eigenvalue weighted by Gasteiger charge is -2.12. The molecule has 0 aliphatic carbocycles. The van der Waals surface area contributed by atoms with Gasteiger partial charge in [0, 0.05) is 19.0 Å². The Labute approximate surface area is 190 Å². The first-order valence-electron chi connectivity index (χ1n) is 10.7. The monoisotopic (exact) mass is 451 g/mol. The van der Waals surface area contributed by atoms with Gasteiger partial charge in [-0.2, -0.15) is 0 Å². The quantitative estimate of drug-likeness (QED) is 0.574. The van der Waals surface area contributed by atoms with E-state index in [2.05, 4.69) is 10.3 Å². The van der Waals surface area contributed by atoms with Gasteiger partial charge >= 0.3 is 5.97 Å². The number of carbonyl (C=O) groups excluding carboxylic acids is 2. The van der Waals surface area contributed by atoms with E-state index in [0.29, 0.717) is 34.6 Å². The fourth-order valence-corrected chi connectivity index (χ4v) is 3.86. The highest BCUT2D eigenvalue weighted by Crippen LogP contribution is 2.28. The van der Waals surface area contributed by atoms with Gasteiger partial charge < -0.3 is 19.5 Å². The van der Waals surface area contributed by atoms with Crippen molar-refractivity contribution < 1.29 is 23.8 Å². The maximum absolute atomic E-state index is 12.8. The molecule has 172 valence electrons. The van der Waals surface area contributed by atoms with Crippen LogP contribution in [0.5, 0.6) is 11.5 Å². The fraction of sp³-hybridized carbons (Fsp3) is 0.333. The molecule has 33 heavy (non-hydrogen) atoms. The highest BCUT2D eigenvalue weighted by atomic mass is 16.5. The smallest absolute Gasteiger partial charge is 0.338 e. The van der Waals surface area contributed by atoms with Crippen LogP contribution in [0.3, 0.4) is 0 Å². The van der Waals surface area contributed by atoms with Gasteiger partial charge in [-0.05, 0) is 43.2 Å². The summed E-state index contributed by atoms with van der Waals surface area (Å²) in [5.74, 6) is 0.517. The third-order valence-electron chi connectivity index (χ3n) is 5.57. The van der Waals surface area contributed by atoms with E-state index in [9.17, 15) is 14.4 Å². The van der Waals surface area contributed by atoms with E-state index in [1.807, 2.05) is 0 Å². The first kappa shape index (κ1) is 22.3. The molecule has 9 heteroatoms. The largest absolute Gasteiger partial charge is 0.497 e. The lowest BCUT2D eigenvalue weighted by atomic mass is 10.1. The topological polar surface area (TPSA) is 109 Å². The summed E-state index contributed by atoms with van der Waals surface area (Å²) < 4.78 is 17.3. The highest BCUT2D eigenvalue weighted by Gasteiger charge is 2.17. The van der Waals surface area contributed by atoms with E-state index in [0.717, 1.165) is 31.5 Å². The molecular formula is C24H25N3O6. The number of fused-ring (bicyclic) bond motifs is 2. The molecule has 1 aromatic heterocycles. The second kappa shape index (κ2) is 9.72. The lowest BCUT2D eigenvalue weighted by Crippen LogP contribution is -2.25. The van der Waals surface area contributed by atoms with E-state index in [-0.39, 0.29) is 11.1 Å². The summed E-state index contributed by atoms with van der Waals surface area (Å²) in [6, 6.07) is 9.60. The Morgan fingerprint density at radius 2 is 1.91 bits per heavy atom. The molecule has 0 saturated heterocycles. The third kappa shape index (κ3) is 4.82. The number of methoxy groups -OCH3 is 2. The van der Waals surface area contributed by atoms with Crippen molar-refractivity contribution in [1.82, 2.24) is 9.55 Å². The zero-order valence-corrected chi connectivity index (χ0v) is 18.6. The Bertz CT molecular complexity index is 1270. The van der Waals surface area contributed by atoms with Gasteiger partial charge in [-0.15, -0.1) is 0 Å². The Balaban J connectivity index is 1.47. The maximum atomic E-state index is 12.8. The van der Waals surface area contributed by atoms with E-state index >= 15 is 0 Å². The fourth-order valence-electron chi connectivity index (χ4n) is 3.86. The molecule has 0 atom stereocenters. The summed E-state index contributed by atoms with van der Waals surface area (Å²) in [6.07, 6.45) is 3.72. The summed E-state index contributed by atoms with van der Waals surface area (Å²) in [4.78, 5) is 42.3. The van der Waals surface area contributed by atoms with Crippen LogP contribution in [0, 0.1) is 0 Å². The molecule has 2 heterocycles. The molecule has 0 saturated carbocycles. The molecule has 9 nitrogen and oxygen atoms in total. The molecule has 0 unspecified atom stereocenters. The summed E-state index contributed by atoms with van der Waals surface area (Å²) in [7, 11) is 3.00. The number of hydrogen-bond acceptors (Lipinski definition) is 7. The molecule has 2 aromatic carbocycles. The van der Waals surface area contributed by atoms with Gasteiger partial charge in [-0.3, -0.25) is 14.2 Å². The average Bonchev–Trinajstić information content (AvgIpc) is 3.08. The average molecular weight is 451 g/mol. The predicted octanol–water partition coefficient (Wildman–Crippen LogP) is 2.94. The number of nitrogens with zero attached hydrogens (tertiary/aromatic N) is 2. The number of nitrogens with one attached hydrogen (secondary N) is 1. The van der Waals surface area contributed by atoms with Crippen LogP contribution in [-0.4, -0.2) is 42.3 Å². The van der Waals surface area contributed by atoms with Crippen molar-refractivity contribution in [2.24, 2.45) is 0 Å². The van der Waals surface area contributed by atoms with Crippen LogP contribution in [0.15, 0.2) is 41.2 Å². The van der Waals surface area contributed by atoms with Crippen molar-refractivity contribution in [2.45, 2.75) is 32.2 Å². The molecule has 4 rings (SSSR count). The number of aromatic nitrogens is 2. The molecule has 0 bridgehead atoms. The number of rotatable bonds is 6. The van der Waals surface area contributed by atoms with Crippen LogP contribution in [0.1, 0.15) is 35.4 Å². The molecule has 1 aliphatic rings. The van der Waals surface area contributed by atoms with Gasteiger partial charge in [0.05, 0.1) is 36.4 Å². The Kier molecular flexibility index (Phi) is 6.58. The standard InChI is InChI=1S/C24H25N3O6/c1-31-16-8-10-20(32-2)19(13-16)26-22(28)14-33-24(30)15-7-9-17-18(12-15)25-21-6-4-3-5-11-27(21)23(17)29/h7-10,12-13H,3-6,11,14H2,1-2H3,(H,26,28). The number of esters is 1. The minimum Gasteiger partial charge on any atom is -0.497 e. The van der Waals surface area contributed by atoms with Crippen molar-refractivity contribution in [3.63, 3.8) is 0 Å². The second-order valence-corrected chi connectivity index (χ2v) is 7.72. The molecule has 1 N–H and O–H groups in total. The number of benzene rings is 2. The zero-order valence-electron chi connectivity index (χ0n) is 18.6. The van der Waals surface area contributed by atoms with Crippen LogP contribution in [-0.2, 0) is 22.5 Å². The number of anilines is 1. The van der Waals surface area contributed by atoms with Gasteiger partial charge in [-0.25, -0.2) is 9.78 Å². The molecular weight excluding hydrogens is 426 g/mol. The summed E-state index contributed by atoms with van der Waals surface area (Å²) in [5.41, 5.74) is 0.977. The molecule has 0 radical (unpaired) electrons. The van der Waals surface area contributed by atoms with Crippen molar-refractivity contribution in [2.75, 3.05) is 26.1 Å². The third-order valence-corrected chi connectivity index (χ3v) is 5.57. The minimum atomic E-state index is -0.679. The summed E-state index contributed by atoms with van der Waals surface area (Å²) >= 11 is 0. The minimum absolute atomic E-state index is 0.0940. The van der Waals surface area contributed by atoms with Gasteiger partial charge in [0.2, 0.25) is 0 Å². The maximum Gasteiger partial charge on any atom is 0.338 e. The van der Waals surface area contributed by atoms with Gasteiger partial charge in [0.25, 0.3) is 11.5 Å². The lowest BCUT2D eigenvalue weighted by molar-refractivity contribution is -0.119. The van der Waals surface area contributed by atoms with Gasteiger partial charge in [-0.1, -0.05) is 6.42 Å². The first-order chi connectivity index (χ1) is 16.0. The van der Waals surface area contributed by atoms with Crippen molar-refractivity contribution in [3.05, 3.63) is 58.1 Å². The van der Waals surface area contributed by atoms with E-state index in [4.69, 9.17) is 14.2 Å². The molecule has 0 spiro atoms. The highest BCUT2D eigenvalue weighted by molar-refractivity contribution is 5.98. The van der Waals surface area contributed by atoms with Crippen LogP contribution in [0.25, 0.3) is 10.9 Å². The zero-order chi connectivity index (χ0) is 23.4. The van der Waals surface area contributed by atoms with Gasteiger partial charge in [0.15, 0.2) is 6.61 Å². The predicted molar refractivity (Wildman–Crippen MR) is 122 cm³/mol. The van der Waals surface area contributed by atoms with Crippen LogP contribution < -0.4 is 20.3 Å². The first-order valence-corrected chi connectivity index (χ1v) is 10.7. The normalized spacial score (nSPS) is 13.0. The number of hydrogen-bond donors (Lipinski definition) is 1. The summed E-state index contributed by atoms with van der Waals surface area (Å²) in [6.45, 7) is 0.172.